The number of allylic oxidation sites excluding steroid dienone is 3. The molecule has 0 saturated heterocycles. The molecule has 2 heteroatoms. The minimum absolute atomic E-state index is 0.329. The van der Waals surface area contributed by atoms with Crippen molar-refractivity contribution in [3.05, 3.63) is 24.0 Å². The molecule has 1 nitrogen and oxygen atoms in total. The highest BCUT2D eigenvalue weighted by molar-refractivity contribution is 6.76. The summed E-state index contributed by atoms with van der Waals surface area (Å²) in [6.45, 7) is 14.2. The molecule has 0 aliphatic heterocycles. The lowest BCUT2D eigenvalue weighted by atomic mass is 9.85. The van der Waals surface area contributed by atoms with Crippen LogP contribution in [0, 0.1) is 5.41 Å². The second-order valence-electron chi connectivity index (χ2n) is 6.97. The zero-order valence-corrected chi connectivity index (χ0v) is 13.8. The van der Waals surface area contributed by atoms with Gasteiger partial charge in [0, 0.05) is 8.07 Å². The average molecular weight is 254 g/mol. The van der Waals surface area contributed by atoms with Crippen LogP contribution in [0.3, 0.4) is 0 Å². The summed E-state index contributed by atoms with van der Waals surface area (Å²) in [5.41, 5.74) is 1.89. The SMILES string of the molecule is CO/C=C\CC(C)(C)C/C=C(\C)C[Si](C)(C)C. The van der Waals surface area contributed by atoms with Crippen LogP contribution in [-0.2, 0) is 4.74 Å². The van der Waals surface area contributed by atoms with E-state index < -0.39 is 8.07 Å². The number of ether oxygens (including phenoxy) is 1. The molecule has 0 spiro atoms. The molecular weight excluding hydrogens is 224 g/mol. The first kappa shape index (κ1) is 16.5. The molecule has 0 atom stereocenters. The van der Waals surface area contributed by atoms with E-state index in [1.807, 2.05) is 0 Å². The highest BCUT2D eigenvalue weighted by atomic mass is 28.3. The molecule has 17 heavy (non-hydrogen) atoms. The van der Waals surface area contributed by atoms with Crippen LogP contribution >= 0.6 is 0 Å². The van der Waals surface area contributed by atoms with E-state index in [4.69, 9.17) is 4.74 Å². The average Bonchev–Trinajstić information content (AvgIpc) is 2.13. The van der Waals surface area contributed by atoms with Crippen molar-refractivity contribution in [1.82, 2.24) is 0 Å². The van der Waals surface area contributed by atoms with Crippen LogP contribution in [0.5, 0.6) is 0 Å². The Labute approximate surface area is 109 Å². The van der Waals surface area contributed by atoms with Crippen molar-refractivity contribution < 1.29 is 4.74 Å². The first-order valence-corrected chi connectivity index (χ1v) is 10.2. The van der Waals surface area contributed by atoms with E-state index >= 15 is 0 Å². The lowest BCUT2D eigenvalue weighted by molar-refractivity contribution is 0.326. The number of hydrogen-bond acceptors (Lipinski definition) is 1. The minimum Gasteiger partial charge on any atom is -0.505 e. The summed E-state index contributed by atoms with van der Waals surface area (Å²) in [6.07, 6.45) is 8.54. The van der Waals surface area contributed by atoms with Gasteiger partial charge in [-0.1, -0.05) is 45.1 Å². The van der Waals surface area contributed by atoms with Gasteiger partial charge in [-0.15, -0.1) is 0 Å². The van der Waals surface area contributed by atoms with Crippen LogP contribution in [0.1, 0.15) is 33.6 Å². The predicted octanol–water partition coefficient (Wildman–Crippen LogP) is 5.24. The molecule has 0 N–H and O–H groups in total. The fourth-order valence-corrected chi connectivity index (χ4v) is 3.72. The second-order valence-corrected chi connectivity index (χ2v) is 12.4. The topological polar surface area (TPSA) is 9.23 Å². The molecule has 0 aromatic heterocycles. The van der Waals surface area contributed by atoms with Gasteiger partial charge < -0.3 is 4.74 Å². The molecule has 0 aliphatic carbocycles. The van der Waals surface area contributed by atoms with Crippen LogP contribution in [-0.4, -0.2) is 15.2 Å². The van der Waals surface area contributed by atoms with Gasteiger partial charge in [-0.05, 0) is 37.3 Å². The number of rotatable bonds is 7. The highest BCUT2D eigenvalue weighted by Crippen LogP contribution is 2.28. The molecule has 0 aromatic carbocycles. The van der Waals surface area contributed by atoms with Gasteiger partial charge >= 0.3 is 0 Å². The van der Waals surface area contributed by atoms with Crippen LogP contribution in [0.4, 0.5) is 0 Å². The molecule has 0 radical (unpaired) electrons. The minimum atomic E-state index is -0.950. The fourth-order valence-electron chi connectivity index (χ4n) is 1.91. The van der Waals surface area contributed by atoms with E-state index in [9.17, 15) is 0 Å². The van der Waals surface area contributed by atoms with Crippen molar-refractivity contribution in [1.29, 1.82) is 0 Å². The second kappa shape index (κ2) is 7.05. The van der Waals surface area contributed by atoms with Gasteiger partial charge in [-0.2, -0.15) is 0 Å². The number of methoxy groups -OCH3 is 1. The maximum atomic E-state index is 4.94. The van der Waals surface area contributed by atoms with Crippen LogP contribution in [0.2, 0.25) is 25.7 Å². The molecular formula is C15H30OSi. The van der Waals surface area contributed by atoms with Crippen LogP contribution in [0.15, 0.2) is 24.0 Å². The molecule has 0 bridgehead atoms. The zero-order valence-electron chi connectivity index (χ0n) is 12.8. The Balaban J connectivity index is 4.23. The fraction of sp³-hybridized carbons (Fsp3) is 0.733. The smallest absolute Gasteiger partial charge is 0.0784 e. The molecule has 0 saturated carbocycles. The lowest BCUT2D eigenvalue weighted by Crippen LogP contribution is -2.19. The zero-order chi connectivity index (χ0) is 13.5. The highest BCUT2D eigenvalue weighted by Gasteiger charge is 2.16. The first-order valence-electron chi connectivity index (χ1n) is 6.50. The van der Waals surface area contributed by atoms with Crippen molar-refractivity contribution in [2.75, 3.05) is 7.11 Å². The summed E-state index contributed by atoms with van der Waals surface area (Å²) in [6, 6.07) is 1.32. The van der Waals surface area contributed by atoms with Crippen molar-refractivity contribution >= 4 is 8.07 Å². The molecule has 0 aliphatic rings. The Morgan fingerprint density at radius 1 is 1.18 bits per heavy atom. The van der Waals surface area contributed by atoms with Gasteiger partial charge in [-0.25, -0.2) is 0 Å². The summed E-state index contributed by atoms with van der Waals surface area (Å²) in [5.74, 6) is 0. The molecule has 0 aromatic rings. The Morgan fingerprint density at radius 2 is 1.76 bits per heavy atom. The maximum Gasteiger partial charge on any atom is 0.0784 e. The van der Waals surface area contributed by atoms with E-state index in [1.165, 1.54) is 6.04 Å². The summed E-state index contributed by atoms with van der Waals surface area (Å²) < 4.78 is 4.94. The van der Waals surface area contributed by atoms with Gasteiger partial charge in [0.15, 0.2) is 0 Å². The summed E-state index contributed by atoms with van der Waals surface area (Å²) in [4.78, 5) is 0. The Bertz CT molecular complexity index is 269. The third kappa shape index (κ3) is 10.4. The molecule has 100 valence electrons. The molecule has 0 unspecified atom stereocenters. The molecule has 0 rings (SSSR count). The van der Waals surface area contributed by atoms with E-state index in [0.717, 1.165) is 12.8 Å². The van der Waals surface area contributed by atoms with Crippen molar-refractivity contribution in [2.24, 2.45) is 5.41 Å². The largest absolute Gasteiger partial charge is 0.505 e. The molecule has 0 amide bonds. The summed E-state index contributed by atoms with van der Waals surface area (Å²) >= 11 is 0. The maximum absolute atomic E-state index is 4.94. The van der Waals surface area contributed by atoms with Crippen molar-refractivity contribution in [2.45, 2.75) is 59.3 Å². The normalized spacial score (nSPS) is 14.4. The Morgan fingerprint density at radius 3 is 2.24 bits per heavy atom. The third-order valence-corrected chi connectivity index (χ3v) is 4.33. The van der Waals surface area contributed by atoms with Crippen LogP contribution in [0.25, 0.3) is 0 Å². The van der Waals surface area contributed by atoms with E-state index in [0.29, 0.717) is 5.41 Å². The van der Waals surface area contributed by atoms with Crippen LogP contribution < -0.4 is 0 Å². The van der Waals surface area contributed by atoms with Gasteiger partial charge in [-0.3, -0.25) is 0 Å². The van der Waals surface area contributed by atoms with Gasteiger partial charge in [0.1, 0.15) is 0 Å². The van der Waals surface area contributed by atoms with Gasteiger partial charge in [0.25, 0.3) is 0 Å². The van der Waals surface area contributed by atoms with E-state index in [1.54, 1.807) is 18.9 Å². The van der Waals surface area contributed by atoms with E-state index in [-0.39, 0.29) is 0 Å². The Kier molecular flexibility index (Phi) is 6.84. The van der Waals surface area contributed by atoms with Gasteiger partial charge in [0.05, 0.1) is 13.4 Å². The van der Waals surface area contributed by atoms with E-state index in [2.05, 4.69) is 52.6 Å². The Hall–Kier alpha value is -0.503. The quantitative estimate of drug-likeness (QED) is 0.343. The van der Waals surface area contributed by atoms with Gasteiger partial charge in [0.2, 0.25) is 0 Å². The first-order chi connectivity index (χ1) is 7.66. The lowest BCUT2D eigenvalue weighted by Gasteiger charge is -2.22. The predicted molar refractivity (Wildman–Crippen MR) is 81.1 cm³/mol. The molecule has 0 heterocycles. The summed E-state index contributed by atoms with van der Waals surface area (Å²) in [5, 5.41) is 0. The van der Waals surface area contributed by atoms with Crippen molar-refractivity contribution in [3.8, 4) is 0 Å². The standard InChI is InChI=1S/C15H30OSi/c1-14(13-17(5,6)7)9-11-15(2,3)10-8-12-16-4/h8-9,12H,10-11,13H2,1-7H3/b12-8-,14-9+. The number of hydrogen-bond donors (Lipinski definition) is 0. The monoisotopic (exact) mass is 254 g/mol. The third-order valence-electron chi connectivity index (χ3n) is 2.72. The van der Waals surface area contributed by atoms with Crippen molar-refractivity contribution in [3.63, 3.8) is 0 Å². The molecule has 0 fully saturated rings. The summed E-state index contributed by atoms with van der Waals surface area (Å²) in [7, 11) is 0.746.